The molecular weight excluding hydrogens is 331 g/mol. The normalized spacial score (nSPS) is 13.7. The van der Waals surface area contributed by atoms with E-state index in [0.717, 1.165) is 36.1 Å². The summed E-state index contributed by atoms with van der Waals surface area (Å²) < 4.78 is 14.1. The SMILES string of the molecule is CCNC(Cc1ccc(F)cc1Br)C(C)(C)N(CC)CC. The highest BCUT2D eigenvalue weighted by molar-refractivity contribution is 9.10. The second kappa shape index (κ2) is 8.25. The Morgan fingerprint density at radius 2 is 1.86 bits per heavy atom. The lowest BCUT2D eigenvalue weighted by molar-refractivity contribution is 0.0917. The molecule has 0 aliphatic rings. The van der Waals surface area contributed by atoms with E-state index < -0.39 is 0 Å². The van der Waals surface area contributed by atoms with E-state index in [1.807, 2.05) is 6.07 Å². The van der Waals surface area contributed by atoms with Crippen LogP contribution in [0, 0.1) is 5.82 Å². The molecule has 120 valence electrons. The summed E-state index contributed by atoms with van der Waals surface area (Å²) in [6.45, 7) is 14.1. The zero-order chi connectivity index (χ0) is 16.0. The van der Waals surface area contributed by atoms with Gasteiger partial charge in [-0.15, -0.1) is 0 Å². The van der Waals surface area contributed by atoms with Crippen LogP contribution in [0.15, 0.2) is 22.7 Å². The van der Waals surface area contributed by atoms with Gasteiger partial charge in [0, 0.05) is 16.1 Å². The summed E-state index contributed by atoms with van der Waals surface area (Å²) in [5.41, 5.74) is 1.18. The van der Waals surface area contributed by atoms with Crippen LogP contribution in [0.2, 0.25) is 0 Å². The third-order valence-corrected chi connectivity index (χ3v) is 5.06. The van der Waals surface area contributed by atoms with Crippen LogP contribution in [0.3, 0.4) is 0 Å². The van der Waals surface area contributed by atoms with Crippen LogP contribution < -0.4 is 5.32 Å². The van der Waals surface area contributed by atoms with Gasteiger partial charge in [-0.05, 0) is 57.6 Å². The summed E-state index contributed by atoms with van der Waals surface area (Å²) in [4.78, 5) is 2.47. The highest BCUT2D eigenvalue weighted by Gasteiger charge is 2.33. The van der Waals surface area contributed by atoms with Crippen molar-refractivity contribution in [2.75, 3.05) is 19.6 Å². The van der Waals surface area contributed by atoms with Crippen molar-refractivity contribution in [2.24, 2.45) is 0 Å². The van der Waals surface area contributed by atoms with Crippen molar-refractivity contribution in [3.05, 3.63) is 34.1 Å². The monoisotopic (exact) mass is 358 g/mol. The lowest BCUT2D eigenvalue weighted by Gasteiger charge is -2.44. The van der Waals surface area contributed by atoms with Crippen molar-refractivity contribution >= 4 is 15.9 Å². The van der Waals surface area contributed by atoms with E-state index >= 15 is 0 Å². The number of halogens is 2. The van der Waals surface area contributed by atoms with Crippen LogP contribution in [0.5, 0.6) is 0 Å². The minimum absolute atomic E-state index is 0.0351. The largest absolute Gasteiger partial charge is 0.312 e. The maximum Gasteiger partial charge on any atom is 0.124 e. The van der Waals surface area contributed by atoms with Gasteiger partial charge in [0.2, 0.25) is 0 Å². The Balaban J connectivity index is 3.00. The van der Waals surface area contributed by atoms with Gasteiger partial charge >= 0.3 is 0 Å². The minimum atomic E-state index is -0.200. The Morgan fingerprint density at radius 3 is 2.33 bits per heavy atom. The van der Waals surface area contributed by atoms with Crippen molar-refractivity contribution in [2.45, 2.75) is 52.6 Å². The molecule has 1 aromatic carbocycles. The summed E-state index contributed by atoms with van der Waals surface area (Å²) >= 11 is 3.48. The number of benzene rings is 1. The molecule has 0 heterocycles. The van der Waals surface area contributed by atoms with E-state index in [1.54, 1.807) is 6.07 Å². The van der Waals surface area contributed by atoms with Gasteiger partial charge in [0.15, 0.2) is 0 Å². The summed E-state index contributed by atoms with van der Waals surface area (Å²) in [6.07, 6.45) is 0.873. The first kappa shape index (κ1) is 18.6. The maximum absolute atomic E-state index is 13.3. The van der Waals surface area contributed by atoms with Crippen molar-refractivity contribution in [1.82, 2.24) is 10.2 Å². The fourth-order valence-electron chi connectivity index (χ4n) is 2.98. The molecule has 1 rings (SSSR count). The lowest BCUT2D eigenvalue weighted by atomic mass is 9.87. The van der Waals surface area contributed by atoms with Gasteiger partial charge in [-0.1, -0.05) is 42.8 Å². The molecule has 0 aromatic heterocycles. The molecular formula is C17H28BrFN2. The molecule has 0 bridgehead atoms. The topological polar surface area (TPSA) is 15.3 Å². The molecule has 0 fully saturated rings. The zero-order valence-electron chi connectivity index (χ0n) is 13.8. The number of rotatable bonds is 8. The smallest absolute Gasteiger partial charge is 0.124 e. The maximum atomic E-state index is 13.3. The molecule has 0 saturated carbocycles. The van der Waals surface area contributed by atoms with Crippen LogP contribution in [0.25, 0.3) is 0 Å². The van der Waals surface area contributed by atoms with Gasteiger partial charge in [0.25, 0.3) is 0 Å². The average molecular weight is 359 g/mol. The van der Waals surface area contributed by atoms with E-state index in [4.69, 9.17) is 0 Å². The van der Waals surface area contributed by atoms with Crippen LogP contribution >= 0.6 is 15.9 Å². The molecule has 1 unspecified atom stereocenters. The summed E-state index contributed by atoms with van der Waals surface area (Å²) in [5, 5.41) is 3.61. The molecule has 1 N–H and O–H groups in total. The number of likely N-dealkylation sites (N-methyl/N-ethyl adjacent to an activating group) is 2. The standard InChI is InChI=1S/C17H28BrFN2/c1-6-20-16(17(4,5)21(7-2)8-3)11-13-9-10-14(19)12-15(13)18/h9-10,12,16,20H,6-8,11H2,1-5H3. The average Bonchev–Trinajstić information content (AvgIpc) is 2.42. The highest BCUT2D eigenvalue weighted by Crippen LogP contribution is 2.26. The highest BCUT2D eigenvalue weighted by atomic mass is 79.9. The fourth-order valence-corrected chi connectivity index (χ4v) is 3.50. The van der Waals surface area contributed by atoms with Gasteiger partial charge in [0.1, 0.15) is 5.82 Å². The zero-order valence-corrected chi connectivity index (χ0v) is 15.4. The Labute approximate surface area is 137 Å². The molecule has 0 aliphatic carbocycles. The van der Waals surface area contributed by atoms with E-state index in [-0.39, 0.29) is 11.4 Å². The predicted molar refractivity (Wildman–Crippen MR) is 92.3 cm³/mol. The van der Waals surface area contributed by atoms with Crippen LogP contribution in [-0.4, -0.2) is 36.1 Å². The first-order valence-corrected chi connectivity index (χ1v) is 8.58. The first-order chi connectivity index (χ1) is 9.86. The van der Waals surface area contributed by atoms with Crippen LogP contribution in [0.4, 0.5) is 4.39 Å². The van der Waals surface area contributed by atoms with Crippen molar-refractivity contribution in [3.8, 4) is 0 Å². The first-order valence-electron chi connectivity index (χ1n) is 7.79. The van der Waals surface area contributed by atoms with E-state index in [9.17, 15) is 4.39 Å². The number of hydrogen-bond donors (Lipinski definition) is 1. The molecule has 0 radical (unpaired) electrons. The molecule has 0 spiro atoms. The molecule has 2 nitrogen and oxygen atoms in total. The van der Waals surface area contributed by atoms with Gasteiger partial charge in [-0.25, -0.2) is 4.39 Å². The Bertz CT molecular complexity index is 444. The van der Waals surface area contributed by atoms with Crippen LogP contribution in [-0.2, 0) is 6.42 Å². The van der Waals surface area contributed by atoms with Gasteiger partial charge in [-0.2, -0.15) is 0 Å². The Morgan fingerprint density at radius 1 is 1.24 bits per heavy atom. The molecule has 21 heavy (non-hydrogen) atoms. The number of nitrogens with zero attached hydrogens (tertiary/aromatic N) is 1. The van der Waals surface area contributed by atoms with Gasteiger partial charge in [-0.3, -0.25) is 4.90 Å². The van der Waals surface area contributed by atoms with Crippen molar-refractivity contribution in [1.29, 1.82) is 0 Å². The van der Waals surface area contributed by atoms with Crippen molar-refractivity contribution in [3.63, 3.8) is 0 Å². The predicted octanol–water partition coefficient (Wildman–Crippen LogP) is 4.23. The quantitative estimate of drug-likeness (QED) is 0.747. The second-order valence-corrected chi connectivity index (χ2v) is 6.73. The third kappa shape index (κ3) is 4.76. The Hall–Kier alpha value is -0.450. The number of nitrogens with one attached hydrogen (secondary N) is 1. The van der Waals surface area contributed by atoms with Crippen molar-refractivity contribution < 1.29 is 4.39 Å². The third-order valence-electron chi connectivity index (χ3n) is 4.32. The molecule has 1 aromatic rings. The second-order valence-electron chi connectivity index (χ2n) is 5.88. The molecule has 4 heteroatoms. The van der Waals surface area contributed by atoms with E-state index in [0.29, 0.717) is 6.04 Å². The number of hydrogen-bond acceptors (Lipinski definition) is 2. The fraction of sp³-hybridized carbons (Fsp3) is 0.647. The molecule has 0 saturated heterocycles. The van der Waals surface area contributed by atoms with Gasteiger partial charge < -0.3 is 5.32 Å². The Kier molecular flexibility index (Phi) is 7.31. The summed E-state index contributed by atoms with van der Waals surface area (Å²) in [6, 6.07) is 5.27. The minimum Gasteiger partial charge on any atom is -0.312 e. The molecule has 1 atom stereocenters. The van der Waals surface area contributed by atoms with Crippen LogP contribution in [0.1, 0.15) is 40.2 Å². The van der Waals surface area contributed by atoms with Gasteiger partial charge in [0.05, 0.1) is 0 Å². The lowest BCUT2D eigenvalue weighted by Crippen LogP contribution is -2.58. The summed E-state index contributed by atoms with van der Waals surface area (Å²) in [5.74, 6) is -0.200. The summed E-state index contributed by atoms with van der Waals surface area (Å²) in [7, 11) is 0. The van der Waals surface area contributed by atoms with E-state index in [1.165, 1.54) is 6.07 Å². The molecule has 0 aliphatic heterocycles. The van der Waals surface area contributed by atoms with E-state index in [2.05, 4.69) is 60.8 Å². The molecule has 0 amide bonds.